The van der Waals surface area contributed by atoms with Crippen LogP contribution in [0.25, 0.3) is 0 Å². The first-order chi connectivity index (χ1) is 8.17. The SMILES string of the molecule is COc1cccc(Nc2cc(N)cc(F)c2)c1. The molecule has 0 saturated carbocycles. The van der Waals surface area contributed by atoms with Gasteiger partial charge in [0.2, 0.25) is 0 Å². The number of nitrogens with two attached hydrogens (primary N) is 1. The molecule has 0 spiro atoms. The predicted molar refractivity (Wildman–Crippen MR) is 67.1 cm³/mol. The van der Waals surface area contributed by atoms with E-state index in [1.807, 2.05) is 24.3 Å². The number of anilines is 3. The van der Waals surface area contributed by atoms with E-state index in [0.29, 0.717) is 11.4 Å². The normalized spacial score (nSPS) is 10.0. The third-order valence-corrected chi connectivity index (χ3v) is 2.28. The molecular weight excluding hydrogens is 219 g/mol. The van der Waals surface area contributed by atoms with Crippen molar-refractivity contribution >= 4 is 17.1 Å². The van der Waals surface area contributed by atoms with Gasteiger partial charge in [-0.3, -0.25) is 0 Å². The second kappa shape index (κ2) is 4.74. The number of benzene rings is 2. The predicted octanol–water partition coefficient (Wildman–Crippen LogP) is 3.16. The fourth-order valence-corrected chi connectivity index (χ4v) is 1.55. The molecule has 0 atom stereocenters. The Morgan fingerprint density at radius 3 is 2.65 bits per heavy atom. The minimum Gasteiger partial charge on any atom is -0.497 e. The van der Waals surface area contributed by atoms with Gasteiger partial charge in [-0.15, -0.1) is 0 Å². The highest BCUT2D eigenvalue weighted by atomic mass is 19.1. The van der Waals surface area contributed by atoms with Crippen LogP contribution in [-0.2, 0) is 0 Å². The Hall–Kier alpha value is -2.23. The third-order valence-electron chi connectivity index (χ3n) is 2.28. The largest absolute Gasteiger partial charge is 0.497 e. The highest BCUT2D eigenvalue weighted by Crippen LogP contribution is 2.23. The monoisotopic (exact) mass is 232 g/mol. The molecule has 0 heterocycles. The zero-order chi connectivity index (χ0) is 12.3. The first-order valence-corrected chi connectivity index (χ1v) is 5.14. The van der Waals surface area contributed by atoms with Crippen LogP contribution in [0.3, 0.4) is 0 Å². The topological polar surface area (TPSA) is 47.3 Å². The van der Waals surface area contributed by atoms with Crippen molar-refractivity contribution in [2.45, 2.75) is 0 Å². The number of hydrogen-bond acceptors (Lipinski definition) is 3. The lowest BCUT2D eigenvalue weighted by molar-refractivity contribution is 0.415. The molecule has 17 heavy (non-hydrogen) atoms. The number of ether oxygens (including phenoxy) is 1. The minimum atomic E-state index is -0.365. The Morgan fingerprint density at radius 2 is 1.94 bits per heavy atom. The molecule has 2 aromatic rings. The van der Waals surface area contributed by atoms with Gasteiger partial charge in [-0.05, 0) is 30.3 Å². The van der Waals surface area contributed by atoms with Gasteiger partial charge in [0.05, 0.1) is 7.11 Å². The molecule has 0 amide bonds. The zero-order valence-corrected chi connectivity index (χ0v) is 9.41. The van der Waals surface area contributed by atoms with Crippen LogP contribution in [0.15, 0.2) is 42.5 Å². The highest BCUT2D eigenvalue weighted by Gasteiger charge is 2.00. The minimum absolute atomic E-state index is 0.365. The maximum absolute atomic E-state index is 13.1. The molecule has 0 bridgehead atoms. The maximum Gasteiger partial charge on any atom is 0.127 e. The summed E-state index contributed by atoms with van der Waals surface area (Å²) in [7, 11) is 1.60. The van der Waals surface area contributed by atoms with Crippen molar-refractivity contribution in [2.75, 3.05) is 18.2 Å². The van der Waals surface area contributed by atoms with E-state index < -0.39 is 0 Å². The average Bonchev–Trinajstić information content (AvgIpc) is 2.28. The van der Waals surface area contributed by atoms with Crippen LogP contribution in [0.5, 0.6) is 5.75 Å². The number of methoxy groups -OCH3 is 1. The van der Waals surface area contributed by atoms with E-state index in [1.165, 1.54) is 12.1 Å². The van der Waals surface area contributed by atoms with E-state index in [4.69, 9.17) is 10.5 Å². The molecule has 88 valence electrons. The summed E-state index contributed by atoms with van der Waals surface area (Å²) in [5.74, 6) is 0.370. The third kappa shape index (κ3) is 2.87. The van der Waals surface area contributed by atoms with Crippen LogP contribution in [0.2, 0.25) is 0 Å². The molecule has 0 aliphatic rings. The zero-order valence-electron chi connectivity index (χ0n) is 9.41. The molecule has 0 aliphatic carbocycles. The summed E-state index contributed by atoms with van der Waals surface area (Å²) in [5, 5.41) is 3.06. The molecule has 0 fully saturated rings. The molecule has 2 rings (SSSR count). The van der Waals surface area contributed by atoms with Crippen LogP contribution in [-0.4, -0.2) is 7.11 Å². The molecule has 0 unspecified atom stereocenters. The van der Waals surface area contributed by atoms with Gasteiger partial charge in [0.25, 0.3) is 0 Å². The van der Waals surface area contributed by atoms with E-state index in [2.05, 4.69) is 5.32 Å². The van der Waals surface area contributed by atoms with Crippen molar-refractivity contribution < 1.29 is 9.13 Å². The Balaban J connectivity index is 2.24. The van der Waals surface area contributed by atoms with Gasteiger partial charge < -0.3 is 15.8 Å². The Morgan fingerprint density at radius 1 is 1.12 bits per heavy atom. The lowest BCUT2D eigenvalue weighted by Gasteiger charge is -2.08. The number of hydrogen-bond donors (Lipinski definition) is 2. The summed E-state index contributed by atoms with van der Waals surface area (Å²) in [6.45, 7) is 0. The van der Waals surface area contributed by atoms with E-state index in [0.717, 1.165) is 11.4 Å². The second-order valence-electron chi connectivity index (χ2n) is 3.63. The van der Waals surface area contributed by atoms with Crippen molar-refractivity contribution in [3.8, 4) is 5.75 Å². The Labute approximate surface area is 99.0 Å². The molecule has 0 saturated heterocycles. The number of nitrogen functional groups attached to an aromatic ring is 1. The standard InChI is InChI=1S/C13H13FN2O/c1-17-13-4-2-3-11(8-13)16-12-6-9(14)5-10(15)7-12/h2-8,16H,15H2,1H3. The van der Waals surface area contributed by atoms with Gasteiger partial charge in [0.15, 0.2) is 0 Å². The summed E-state index contributed by atoms with van der Waals surface area (Å²) in [5.41, 5.74) is 7.37. The lowest BCUT2D eigenvalue weighted by atomic mass is 10.2. The van der Waals surface area contributed by atoms with Crippen LogP contribution < -0.4 is 15.8 Å². The first-order valence-electron chi connectivity index (χ1n) is 5.14. The number of rotatable bonds is 3. The van der Waals surface area contributed by atoms with Gasteiger partial charge in [-0.1, -0.05) is 6.07 Å². The molecule has 0 radical (unpaired) electrons. The Bertz CT molecular complexity index is 508. The molecule has 3 nitrogen and oxygen atoms in total. The van der Waals surface area contributed by atoms with Gasteiger partial charge in [0.1, 0.15) is 11.6 Å². The van der Waals surface area contributed by atoms with Gasteiger partial charge in [0, 0.05) is 23.1 Å². The van der Waals surface area contributed by atoms with Crippen molar-refractivity contribution in [1.82, 2.24) is 0 Å². The van der Waals surface area contributed by atoms with E-state index >= 15 is 0 Å². The summed E-state index contributed by atoms with van der Waals surface area (Å²) in [6.07, 6.45) is 0. The van der Waals surface area contributed by atoms with E-state index in [-0.39, 0.29) is 5.82 Å². The number of nitrogens with one attached hydrogen (secondary N) is 1. The molecule has 2 aromatic carbocycles. The maximum atomic E-state index is 13.1. The quantitative estimate of drug-likeness (QED) is 0.799. The first kappa shape index (κ1) is 11.3. The van der Waals surface area contributed by atoms with Crippen LogP contribution in [0.1, 0.15) is 0 Å². The fraction of sp³-hybridized carbons (Fsp3) is 0.0769. The summed E-state index contributed by atoms with van der Waals surface area (Å²) >= 11 is 0. The van der Waals surface area contributed by atoms with Crippen molar-refractivity contribution in [3.05, 3.63) is 48.3 Å². The number of halogens is 1. The molecule has 3 N–H and O–H groups in total. The fourth-order valence-electron chi connectivity index (χ4n) is 1.55. The molecule has 0 aliphatic heterocycles. The van der Waals surface area contributed by atoms with Crippen LogP contribution >= 0.6 is 0 Å². The summed E-state index contributed by atoms with van der Waals surface area (Å²) in [6, 6.07) is 11.7. The van der Waals surface area contributed by atoms with E-state index in [1.54, 1.807) is 13.2 Å². The molecule has 0 aromatic heterocycles. The van der Waals surface area contributed by atoms with Crippen molar-refractivity contribution in [3.63, 3.8) is 0 Å². The van der Waals surface area contributed by atoms with E-state index in [9.17, 15) is 4.39 Å². The van der Waals surface area contributed by atoms with Crippen molar-refractivity contribution in [2.24, 2.45) is 0 Å². The average molecular weight is 232 g/mol. The van der Waals surface area contributed by atoms with Gasteiger partial charge in [-0.2, -0.15) is 0 Å². The van der Waals surface area contributed by atoms with Crippen molar-refractivity contribution in [1.29, 1.82) is 0 Å². The summed E-state index contributed by atoms with van der Waals surface area (Å²) < 4.78 is 18.2. The van der Waals surface area contributed by atoms with Crippen LogP contribution in [0.4, 0.5) is 21.5 Å². The van der Waals surface area contributed by atoms with Gasteiger partial charge in [-0.25, -0.2) is 4.39 Å². The second-order valence-corrected chi connectivity index (χ2v) is 3.63. The Kier molecular flexibility index (Phi) is 3.14. The molecular formula is C13H13FN2O. The highest BCUT2D eigenvalue weighted by molar-refractivity contribution is 5.64. The van der Waals surface area contributed by atoms with Crippen LogP contribution in [0, 0.1) is 5.82 Å². The van der Waals surface area contributed by atoms with Gasteiger partial charge >= 0.3 is 0 Å². The smallest absolute Gasteiger partial charge is 0.127 e. The molecule has 4 heteroatoms. The lowest BCUT2D eigenvalue weighted by Crippen LogP contribution is -1.94. The summed E-state index contributed by atoms with van der Waals surface area (Å²) in [4.78, 5) is 0.